The molecule has 0 aliphatic rings. The van der Waals surface area contributed by atoms with Gasteiger partial charge in [0.25, 0.3) is 0 Å². The predicted molar refractivity (Wildman–Crippen MR) is 101 cm³/mol. The molecule has 0 unspecified atom stereocenters. The molecule has 0 radical (unpaired) electrons. The highest BCUT2D eigenvalue weighted by atomic mass is 16.5. The van der Waals surface area contributed by atoms with Crippen LogP contribution in [0.1, 0.15) is 10.4 Å². The number of hydrogen-bond acceptors (Lipinski definition) is 7. The van der Waals surface area contributed by atoms with Crippen molar-refractivity contribution >= 4 is 28.1 Å². The first-order valence-corrected chi connectivity index (χ1v) is 7.76. The monoisotopic (exact) mass is 370 g/mol. The van der Waals surface area contributed by atoms with Gasteiger partial charge in [0.2, 0.25) is 0 Å². The minimum Gasteiger partial charge on any atom is -0.496 e. The third kappa shape index (κ3) is 4.31. The van der Waals surface area contributed by atoms with Crippen LogP contribution < -0.4 is 15.0 Å². The van der Waals surface area contributed by atoms with E-state index in [1.165, 1.54) is 20.3 Å². The van der Waals surface area contributed by atoms with Gasteiger partial charge in [0, 0.05) is 0 Å². The molecular formula is C19H18N2O6. The van der Waals surface area contributed by atoms with E-state index in [4.69, 9.17) is 19.8 Å². The number of carboxylic acid groups (broad SMARTS) is 1. The molecule has 8 nitrogen and oxygen atoms in total. The van der Waals surface area contributed by atoms with Crippen molar-refractivity contribution in [1.82, 2.24) is 0 Å². The summed E-state index contributed by atoms with van der Waals surface area (Å²) in [4.78, 5) is 21.1. The molecule has 0 bridgehead atoms. The summed E-state index contributed by atoms with van der Waals surface area (Å²) < 4.78 is 10.4. The van der Waals surface area contributed by atoms with Gasteiger partial charge in [-0.2, -0.15) is 0 Å². The number of nitrogens with zero attached hydrogens (tertiary/aromatic N) is 1. The van der Waals surface area contributed by atoms with Gasteiger partial charge in [0.15, 0.2) is 0 Å². The van der Waals surface area contributed by atoms with Crippen LogP contribution in [0.25, 0.3) is 10.8 Å². The number of anilines is 1. The van der Waals surface area contributed by atoms with Crippen LogP contribution >= 0.6 is 0 Å². The van der Waals surface area contributed by atoms with Crippen molar-refractivity contribution in [2.75, 3.05) is 19.7 Å². The lowest BCUT2D eigenvalue weighted by molar-refractivity contribution is 0.0697. The molecule has 0 spiro atoms. The highest BCUT2D eigenvalue weighted by Gasteiger charge is 2.15. The Morgan fingerprint density at radius 1 is 0.926 bits per heavy atom. The molecule has 8 heteroatoms. The number of benzene rings is 3. The normalized spacial score (nSPS) is 9.74. The second kappa shape index (κ2) is 9.16. The Morgan fingerprint density at radius 3 is 1.96 bits per heavy atom. The minimum absolute atomic E-state index is 0.222. The van der Waals surface area contributed by atoms with Crippen LogP contribution in [-0.2, 0) is 0 Å². The Kier molecular flexibility index (Phi) is 6.67. The van der Waals surface area contributed by atoms with Crippen LogP contribution in [-0.4, -0.2) is 30.5 Å². The summed E-state index contributed by atoms with van der Waals surface area (Å²) in [6, 6.07) is 14.7. The van der Waals surface area contributed by atoms with Gasteiger partial charge in [-0.05, 0) is 41.6 Å². The van der Waals surface area contributed by atoms with Crippen molar-refractivity contribution in [2.24, 2.45) is 5.18 Å². The molecule has 0 aliphatic heterocycles. The van der Waals surface area contributed by atoms with Crippen molar-refractivity contribution in [2.45, 2.75) is 0 Å². The summed E-state index contributed by atoms with van der Waals surface area (Å²) in [5.74, 6) is 0.112. The number of hydrogen-bond donors (Lipinski definition) is 3. The van der Waals surface area contributed by atoms with Gasteiger partial charge >= 0.3 is 5.97 Å². The average molecular weight is 370 g/mol. The molecule has 0 atom stereocenters. The third-order valence-corrected chi connectivity index (χ3v) is 3.74. The summed E-state index contributed by atoms with van der Waals surface area (Å²) in [6.45, 7) is 0. The highest BCUT2D eigenvalue weighted by molar-refractivity contribution is 6.07. The van der Waals surface area contributed by atoms with Crippen molar-refractivity contribution < 1.29 is 24.6 Å². The van der Waals surface area contributed by atoms with Crippen LogP contribution in [0.15, 0.2) is 59.8 Å². The van der Waals surface area contributed by atoms with Crippen molar-refractivity contribution in [1.29, 1.82) is 0 Å². The lowest BCUT2D eigenvalue weighted by atomic mass is 10.0. The van der Waals surface area contributed by atoms with E-state index < -0.39 is 5.97 Å². The molecule has 0 aromatic heterocycles. The topological polar surface area (TPSA) is 117 Å². The zero-order chi connectivity index (χ0) is 19.8. The molecule has 0 fully saturated rings. The summed E-state index contributed by atoms with van der Waals surface area (Å²) >= 11 is 0. The minimum atomic E-state index is -0.879. The molecule has 0 saturated heterocycles. The summed E-state index contributed by atoms with van der Waals surface area (Å²) in [7, 11) is 3.00. The molecule has 27 heavy (non-hydrogen) atoms. The van der Waals surface area contributed by atoms with E-state index in [1.54, 1.807) is 48.5 Å². The van der Waals surface area contributed by atoms with E-state index in [2.05, 4.69) is 10.7 Å². The second-order valence-corrected chi connectivity index (χ2v) is 5.23. The Balaban J connectivity index is 0.000000244. The first-order chi connectivity index (χ1) is 13.1. The van der Waals surface area contributed by atoms with Crippen LogP contribution in [0, 0.1) is 4.91 Å². The maximum Gasteiger partial charge on any atom is 0.335 e. The number of rotatable bonds is 5. The quantitative estimate of drug-likeness (QED) is 0.449. The average Bonchev–Trinajstić information content (AvgIpc) is 2.73. The predicted octanol–water partition coefficient (Wildman–Crippen LogP) is 4.44. The molecule has 3 aromatic rings. The number of nitrogens with one attached hydrogen (secondary N) is 1. The van der Waals surface area contributed by atoms with Crippen molar-refractivity contribution in [3.05, 3.63) is 65.1 Å². The largest absolute Gasteiger partial charge is 0.496 e. The van der Waals surface area contributed by atoms with Crippen molar-refractivity contribution in [3.8, 4) is 11.5 Å². The van der Waals surface area contributed by atoms with Gasteiger partial charge in [-0.15, -0.1) is 4.91 Å². The number of fused-ring (bicyclic) bond motifs is 1. The van der Waals surface area contributed by atoms with E-state index in [9.17, 15) is 9.70 Å². The van der Waals surface area contributed by atoms with Gasteiger partial charge < -0.3 is 14.6 Å². The Morgan fingerprint density at radius 2 is 1.52 bits per heavy atom. The summed E-state index contributed by atoms with van der Waals surface area (Å²) in [5, 5.41) is 21.5. The molecule has 0 heterocycles. The maximum atomic E-state index is 10.9. The molecule has 3 rings (SSSR count). The molecular weight excluding hydrogens is 352 g/mol. The number of carbonyl (C=O) groups is 1. The van der Waals surface area contributed by atoms with Crippen molar-refractivity contribution in [3.63, 3.8) is 0 Å². The zero-order valence-corrected chi connectivity index (χ0v) is 14.7. The number of aromatic carboxylic acids is 1. The van der Waals surface area contributed by atoms with E-state index in [-0.39, 0.29) is 5.69 Å². The fraction of sp³-hybridized carbons (Fsp3) is 0.105. The van der Waals surface area contributed by atoms with E-state index in [1.807, 2.05) is 0 Å². The van der Waals surface area contributed by atoms with Crippen LogP contribution in [0.3, 0.4) is 0 Å². The Hall–Kier alpha value is -3.65. The maximum absolute atomic E-state index is 10.9. The number of nitroso groups, excluding NO2 is 1. The third-order valence-electron chi connectivity index (χ3n) is 3.74. The molecule has 0 amide bonds. The number of methoxy groups -OCH3 is 2. The molecule has 3 N–H and O–H groups in total. The Labute approximate surface area is 154 Å². The lowest BCUT2D eigenvalue weighted by Crippen LogP contribution is -1.95. The first kappa shape index (κ1) is 19.7. The van der Waals surface area contributed by atoms with E-state index >= 15 is 0 Å². The molecule has 3 aromatic carbocycles. The van der Waals surface area contributed by atoms with Gasteiger partial charge in [0.1, 0.15) is 17.2 Å². The molecule has 0 saturated carbocycles. The van der Waals surface area contributed by atoms with Gasteiger partial charge in [0.05, 0.1) is 36.2 Å². The number of carboxylic acids is 1. The fourth-order valence-electron chi connectivity index (χ4n) is 2.51. The van der Waals surface area contributed by atoms with E-state index in [0.29, 0.717) is 33.5 Å². The second-order valence-electron chi connectivity index (χ2n) is 5.23. The summed E-state index contributed by atoms with van der Waals surface area (Å²) in [5.41, 5.74) is 3.03. The standard InChI is InChI=1S/C12H12N2O4.C7H6O2/c1-17-9-5-6-10(18-2)12-8(14-16)4-3-7(13-15)11(9)12;8-7(9)6-4-2-1-3-5-6/h3-6,13,15H,1-2H3;1-5H,(H,8,9). The summed E-state index contributed by atoms with van der Waals surface area (Å²) in [6.07, 6.45) is 0. The van der Waals surface area contributed by atoms with Gasteiger partial charge in [-0.25, -0.2) is 4.79 Å². The van der Waals surface area contributed by atoms with E-state index in [0.717, 1.165) is 0 Å². The Bertz CT molecular complexity index is 934. The highest BCUT2D eigenvalue weighted by Crippen LogP contribution is 2.43. The first-order valence-electron chi connectivity index (χ1n) is 7.76. The smallest absolute Gasteiger partial charge is 0.335 e. The number of ether oxygens (including phenoxy) is 2. The zero-order valence-electron chi connectivity index (χ0n) is 14.7. The van der Waals surface area contributed by atoms with Crippen LogP contribution in [0.2, 0.25) is 0 Å². The molecule has 0 aliphatic carbocycles. The molecule has 140 valence electrons. The lowest BCUT2D eigenvalue weighted by Gasteiger charge is -2.13. The van der Waals surface area contributed by atoms with Gasteiger partial charge in [-0.1, -0.05) is 18.2 Å². The van der Waals surface area contributed by atoms with Crippen LogP contribution in [0.4, 0.5) is 11.4 Å². The van der Waals surface area contributed by atoms with Gasteiger partial charge in [-0.3, -0.25) is 10.7 Å². The fourth-order valence-corrected chi connectivity index (χ4v) is 2.51. The van der Waals surface area contributed by atoms with Crippen LogP contribution in [0.5, 0.6) is 11.5 Å². The SMILES string of the molecule is COc1ccc(OC)c2c(NO)ccc(N=O)c12.O=C(O)c1ccccc1.